The van der Waals surface area contributed by atoms with Gasteiger partial charge in [0.25, 0.3) is 0 Å². The van der Waals surface area contributed by atoms with E-state index in [-0.39, 0.29) is 0 Å². The number of hydrogen-bond acceptors (Lipinski definition) is 1. The van der Waals surface area contributed by atoms with E-state index in [4.69, 9.17) is 4.74 Å². The highest BCUT2D eigenvalue weighted by Crippen LogP contribution is 2.20. The van der Waals surface area contributed by atoms with Crippen molar-refractivity contribution in [3.63, 3.8) is 0 Å². The van der Waals surface area contributed by atoms with Crippen molar-refractivity contribution in [3.05, 3.63) is 23.8 Å². The van der Waals surface area contributed by atoms with Crippen molar-refractivity contribution < 1.29 is 4.74 Å². The summed E-state index contributed by atoms with van der Waals surface area (Å²) in [6.45, 7) is 9.10. The third-order valence-electron chi connectivity index (χ3n) is 2.11. The van der Waals surface area contributed by atoms with Gasteiger partial charge in [-0.1, -0.05) is 23.8 Å². The molecule has 0 amide bonds. The molecule has 1 aliphatic rings. The molecule has 0 bridgehead atoms. The molecule has 0 aromatic rings. The molecule has 1 aliphatic heterocycles. The van der Waals surface area contributed by atoms with Crippen LogP contribution in [0.4, 0.5) is 0 Å². The second-order valence-electron chi connectivity index (χ2n) is 3.71. The first-order valence-electron chi connectivity index (χ1n) is 4.60. The van der Waals surface area contributed by atoms with Crippen molar-refractivity contribution in [2.45, 2.75) is 39.2 Å². The highest BCUT2D eigenvalue weighted by Gasteiger charge is 2.14. The lowest BCUT2D eigenvalue weighted by Crippen LogP contribution is -2.19. The van der Waals surface area contributed by atoms with Crippen LogP contribution in [0.3, 0.4) is 0 Å². The molecule has 1 rings (SSSR count). The molecule has 0 radical (unpaired) electrons. The molecule has 0 saturated carbocycles. The summed E-state index contributed by atoms with van der Waals surface area (Å²) in [6.07, 6.45) is 5.76. The molecular weight excluding hydrogens is 148 g/mol. The summed E-state index contributed by atoms with van der Waals surface area (Å²) in [7, 11) is 0. The fourth-order valence-electron chi connectivity index (χ4n) is 1.37. The first-order valence-corrected chi connectivity index (χ1v) is 4.60. The fourth-order valence-corrected chi connectivity index (χ4v) is 1.37. The standard InChI is InChI=1S/C11H18O/c1-9(2)4-5-11-8-10(3)6-7-12-11/h4,11H,3,5-8H2,1-2H3. The summed E-state index contributed by atoms with van der Waals surface area (Å²) in [6, 6.07) is 0. The van der Waals surface area contributed by atoms with E-state index >= 15 is 0 Å². The molecule has 1 heterocycles. The first kappa shape index (κ1) is 9.53. The van der Waals surface area contributed by atoms with Crippen molar-refractivity contribution in [2.24, 2.45) is 0 Å². The Morgan fingerprint density at radius 2 is 2.42 bits per heavy atom. The Kier molecular flexibility index (Phi) is 3.54. The van der Waals surface area contributed by atoms with E-state index in [1.54, 1.807) is 0 Å². The van der Waals surface area contributed by atoms with Gasteiger partial charge in [0.15, 0.2) is 0 Å². The van der Waals surface area contributed by atoms with Crippen molar-refractivity contribution in [1.82, 2.24) is 0 Å². The third kappa shape index (κ3) is 3.22. The zero-order valence-corrected chi connectivity index (χ0v) is 8.10. The van der Waals surface area contributed by atoms with Crippen molar-refractivity contribution in [3.8, 4) is 0 Å². The van der Waals surface area contributed by atoms with Crippen LogP contribution in [0.15, 0.2) is 23.8 Å². The summed E-state index contributed by atoms with van der Waals surface area (Å²) < 4.78 is 5.59. The van der Waals surface area contributed by atoms with E-state index < -0.39 is 0 Å². The lowest BCUT2D eigenvalue weighted by molar-refractivity contribution is 0.0383. The van der Waals surface area contributed by atoms with Gasteiger partial charge < -0.3 is 4.74 Å². The predicted octanol–water partition coefficient (Wildman–Crippen LogP) is 3.08. The van der Waals surface area contributed by atoms with Gasteiger partial charge in [-0.15, -0.1) is 0 Å². The third-order valence-corrected chi connectivity index (χ3v) is 2.11. The summed E-state index contributed by atoms with van der Waals surface area (Å²) in [4.78, 5) is 0. The molecule has 68 valence electrons. The number of allylic oxidation sites excluding steroid dienone is 1. The van der Waals surface area contributed by atoms with Gasteiger partial charge >= 0.3 is 0 Å². The number of hydrogen-bond donors (Lipinski definition) is 0. The topological polar surface area (TPSA) is 9.23 Å². The maximum atomic E-state index is 5.59. The average molecular weight is 166 g/mol. The fraction of sp³-hybridized carbons (Fsp3) is 0.636. The van der Waals surface area contributed by atoms with Gasteiger partial charge in [-0.3, -0.25) is 0 Å². The van der Waals surface area contributed by atoms with Crippen LogP contribution in [0.25, 0.3) is 0 Å². The summed E-state index contributed by atoms with van der Waals surface area (Å²) in [5.74, 6) is 0. The molecule has 0 aliphatic carbocycles. The largest absolute Gasteiger partial charge is 0.377 e. The first-order chi connectivity index (χ1) is 5.68. The highest BCUT2D eigenvalue weighted by molar-refractivity contribution is 5.02. The molecule has 0 N–H and O–H groups in total. The van der Waals surface area contributed by atoms with Crippen LogP contribution < -0.4 is 0 Å². The van der Waals surface area contributed by atoms with E-state index in [1.165, 1.54) is 11.1 Å². The minimum absolute atomic E-state index is 0.390. The summed E-state index contributed by atoms with van der Waals surface area (Å²) >= 11 is 0. The van der Waals surface area contributed by atoms with Crippen LogP contribution in [0, 0.1) is 0 Å². The molecular formula is C11H18O. The van der Waals surface area contributed by atoms with Crippen LogP contribution in [-0.4, -0.2) is 12.7 Å². The van der Waals surface area contributed by atoms with Crippen molar-refractivity contribution >= 4 is 0 Å². The Balaban J connectivity index is 2.32. The quantitative estimate of drug-likeness (QED) is 0.573. The molecule has 1 fully saturated rings. The minimum atomic E-state index is 0.390. The second kappa shape index (κ2) is 4.46. The zero-order valence-electron chi connectivity index (χ0n) is 8.10. The summed E-state index contributed by atoms with van der Waals surface area (Å²) in [5.41, 5.74) is 2.71. The van der Waals surface area contributed by atoms with E-state index in [9.17, 15) is 0 Å². The highest BCUT2D eigenvalue weighted by atomic mass is 16.5. The van der Waals surface area contributed by atoms with Crippen LogP contribution in [-0.2, 0) is 4.74 Å². The Hall–Kier alpha value is -0.560. The van der Waals surface area contributed by atoms with Crippen LogP contribution >= 0.6 is 0 Å². The van der Waals surface area contributed by atoms with E-state index in [1.807, 2.05) is 0 Å². The number of ether oxygens (including phenoxy) is 1. The van der Waals surface area contributed by atoms with Crippen LogP contribution in [0.2, 0.25) is 0 Å². The average Bonchev–Trinajstić information content (AvgIpc) is 2.01. The SMILES string of the molecule is C=C1CCOC(CC=C(C)C)C1. The molecule has 0 aromatic carbocycles. The summed E-state index contributed by atoms with van der Waals surface area (Å²) in [5, 5.41) is 0. The van der Waals surface area contributed by atoms with Gasteiger partial charge in [0.2, 0.25) is 0 Å². The number of rotatable bonds is 2. The monoisotopic (exact) mass is 166 g/mol. The van der Waals surface area contributed by atoms with E-state index in [0.717, 1.165) is 25.9 Å². The Bertz CT molecular complexity index is 187. The minimum Gasteiger partial charge on any atom is -0.377 e. The zero-order chi connectivity index (χ0) is 8.97. The van der Waals surface area contributed by atoms with Crippen LogP contribution in [0.5, 0.6) is 0 Å². The maximum absolute atomic E-state index is 5.59. The van der Waals surface area contributed by atoms with Crippen molar-refractivity contribution in [2.75, 3.05) is 6.61 Å². The molecule has 0 aromatic heterocycles. The molecule has 1 atom stereocenters. The van der Waals surface area contributed by atoms with Gasteiger partial charge in [0.05, 0.1) is 12.7 Å². The van der Waals surface area contributed by atoms with Crippen LogP contribution in [0.1, 0.15) is 33.1 Å². The maximum Gasteiger partial charge on any atom is 0.0646 e. The van der Waals surface area contributed by atoms with E-state index in [2.05, 4.69) is 26.5 Å². The second-order valence-corrected chi connectivity index (χ2v) is 3.71. The predicted molar refractivity (Wildman–Crippen MR) is 52.2 cm³/mol. The molecule has 0 spiro atoms. The molecule has 1 saturated heterocycles. The molecule has 1 unspecified atom stereocenters. The Morgan fingerprint density at radius 3 is 3.00 bits per heavy atom. The van der Waals surface area contributed by atoms with Gasteiger partial charge in [-0.05, 0) is 33.1 Å². The molecule has 1 heteroatoms. The van der Waals surface area contributed by atoms with Gasteiger partial charge in [-0.25, -0.2) is 0 Å². The van der Waals surface area contributed by atoms with Gasteiger partial charge in [-0.2, -0.15) is 0 Å². The van der Waals surface area contributed by atoms with E-state index in [0.29, 0.717) is 6.10 Å². The lowest BCUT2D eigenvalue weighted by Gasteiger charge is -2.23. The van der Waals surface area contributed by atoms with Crippen molar-refractivity contribution in [1.29, 1.82) is 0 Å². The van der Waals surface area contributed by atoms with Gasteiger partial charge in [0.1, 0.15) is 0 Å². The Labute approximate surface area is 75.1 Å². The molecule has 1 nitrogen and oxygen atoms in total. The molecule has 12 heavy (non-hydrogen) atoms. The Morgan fingerprint density at radius 1 is 1.67 bits per heavy atom. The smallest absolute Gasteiger partial charge is 0.0646 e. The van der Waals surface area contributed by atoms with Gasteiger partial charge in [0, 0.05) is 0 Å². The lowest BCUT2D eigenvalue weighted by atomic mass is 10.0. The normalized spacial score (nSPS) is 23.8.